The van der Waals surface area contributed by atoms with Crippen LogP contribution in [0, 0.1) is 0 Å². The molecule has 4 heteroatoms. The van der Waals surface area contributed by atoms with Crippen molar-refractivity contribution in [3.8, 4) is 11.5 Å². The van der Waals surface area contributed by atoms with Gasteiger partial charge in [0, 0.05) is 23.9 Å². The van der Waals surface area contributed by atoms with Crippen LogP contribution in [0.15, 0.2) is 36.2 Å². The fraction of sp³-hybridized carbons (Fsp3) is 0.231. The monoisotopic (exact) mass is 232 g/mol. The summed E-state index contributed by atoms with van der Waals surface area (Å²) in [6.45, 7) is 0.707. The molecular formula is C13H16N2O2. The number of ether oxygens (including phenoxy) is 2. The van der Waals surface area contributed by atoms with E-state index >= 15 is 0 Å². The van der Waals surface area contributed by atoms with E-state index in [1.54, 1.807) is 14.2 Å². The number of hydrogen-bond acceptors (Lipinski definition) is 4. The minimum Gasteiger partial charge on any atom is -0.497 e. The maximum atomic E-state index is 5.97. The predicted molar refractivity (Wildman–Crippen MR) is 67.8 cm³/mol. The second-order valence-electron chi connectivity index (χ2n) is 3.75. The summed E-state index contributed by atoms with van der Waals surface area (Å²) in [6, 6.07) is 5.74. The van der Waals surface area contributed by atoms with E-state index in [2.05, 4.69) is 5.32 Å². The average molecular weight is 232 g/mol. The molecule has 1 aliphatic rings. The van der Waals surface area contributed by atoms with Gasteiger partial charge >= 0.3 is 0 Å². The number of methoxy groups -OCH3 is 2. The molecule has 0 saturated carbocycles. The lowest BCUT2D eigenvalue weighted by atomic mass is 10.0. The lowest BCUT2D eigenvalue weighted by Gasteiger charge is -2.16. The number of rotatable bonds is 3. The summed E-state index contributed by atoms with van der Waals surface area (Å²) in [5.41, 5.74) is 8.78. The van der Waals surface area contributed by atoms with Gasteiger partial charge in [-0.3, -0.25) is 0 Å². The first-order valence-corrected chi connectivity index (χ1v) is 5.36. The van der Waals surface area contributed by atoms with E-state index in [1.807, 2.05) is 30.5 Å². The Morgan fingerprint density at radius 2 is 1.76 bits per heavy atom. The zero-order valence-electron chi connectivity index (χ0n) is 9.99. The molecule has 0 spiro atoms. The Kier molecular flexibility index (Phi) is 3.23. The first-order valence-electron chi connectivity index (χ1n) is 5.36. The van der Waals surface area contributed by atoms with E-state index in [0.717, 1.165) is 28.3 Å². The second-order valence-corrected chi connectivity index (χ2v) is 3.75. The van der Waals surface area contributed by atoms with Crippen LogP contribution >= 0.6 is 0 Å². The van der Waals surface area contributed by atoms with E-state index in [9.17, 15) is 0 Å². The molecule has 1 aliphatic heterocycles. The maximum absolute atomic E-state index is 5.97. The average Bonchev–Trinajstić information content (AvgIpc) is 2.38. The fourth-order valence-corrected chi connectivity index (χ4v) is 1.76. The smallest absolute Gasteiger partial charge is 0.123 e. The van der Waals surface area contributed by atoms with Crippen LogP contribution in [0.3, 0.4) is 0 Å². The third kappa shape index (κ3) is 2.36. The largest absolute Gasteiger partial charge is 0.497 e. The highest BCUT2D eigenvalue weighted by atomic mass is 16.5. The van der Waals surface area contributed by atoms with Crippen LogP contribution in [0.25, 0.3) is 5.57 Å². The lowest BCUT2D eigenvalue weighted by Crippen LogP contribution is -2.17. The molecule has 0 radical (unpaired) electrons. The van der Waals surface area contributed by atoms with Crippen molar-refractivity contribution in [3.05, 3.63) is 41.7 Å². The van der Waals surface area contributed by atoms with Gasteiger partial charge in [0.1, 0.15) is 11.5 Å². The normalized spacial score (nSPS) is 14.5. The molecule has 1 aromatic carbocycles. The molecule has 17 heavy (non-hydrogen) atoms. The summed E-state index contributed by atoms with van der Waals surface area (Å²) in [6.07, 6.45) is 3.70. The molecule has 2 rings (SSSR count). The Balaban J connectivity index is 2.47. The van der Waals surface area contributed by atoms with Crippen LogP contribution in [0.2, 0.25) is 0 Å². The Labute approximate surface area is 101 Å². The summed E-state index contributed by atoms with van der Waals surface area (Å²) in [5, 5.41) is 3.14. The highest BCUT2D eigenvalue weighted by Gasteiger charge is 2.11. The summed E-state index contributed by atoms with van der Waals surface area (Å²) in [7, 11) is 3.27. The molecule has 0 bridgehead atoms. The number of hydrogen-bond donors (Lipinski definition) is 2. The SMILES string of the molecule is COc1cc(OC)cc(C2=C(N)C=CNC2)c1. The quantitative estimate of drug-likeness (QED) is 0.829. The van der Waals surface area contributed by atoms with E-state index in [4.69, 9.17) is 15.2 Å². The Bertz CT molecular complexity index is 456. The third-order valence-corrected chi connectivity index (χ3v) is 2.71. The second kappa shape index (κ2) is 4.82. The van der Waals surface area contributed by atoms with Crippen molar-refractivity contribution in [3.63, 3.8) is 0 Å². The van der Waals surface area contributed by atoms with Gasteiger partial charge in [0.25, 0.3) is 0 Å². The van der Waals surface area contributed by atoms with E-state index < -0.39 is 0 Å². The van der Waals surface area contributed by atoms with Gasteiger partial charge in [-0.15, -0.1) is 0 Å². The molecular weight excluding hydrogens is 216 g/mol. The van der Waals surface area contributed by atoms with Gasteiger partial charge < -0.3 is 20.5 Å². The first kappa shape index (κ1) is 11.4. The van der Waals surface area contributed by atoms with Crippen LogP contribution < -0.4 is 20.5 Å². The van der Waals surface area contributed by atoms with E-state index in [1.165, 1.54) is 0 Å². The topological polar surface area (TPSA) is 56.5 Å². The minimum atomic E-state index is 0.707. The highest BCUT2D eigenvalue weighted by molar-refractivity contribution is 5.74. The number of nitrogens with two attached hydrogens (primary N) is 1. The van der Waals surface area contributed by atoms with Gasteiger partial charge in [0.15, 0.2) is 0 Å². The number of allylic oxidation sites excluding steroid dienone is 1. The van der Waals surface area contributed by atoms with Gasteiger partial charge in [0.2, 0.25) is 0 Å². The van der Waals surface area contributed by atoms with Crippen LogP contribution in [0.4, 0.5) is 0 Å². The Hall–Kier alpha value is -2.10. The summed E-state index contributed by atoms with van der Waals surface area (Å²) in [5.74, 6) is 1.52. The van der Waals surface area contributed by atoms with Crippen molar-refractivity contribution < 1.29 is 9.47 Å². The van der Waals surface area contributed by atoms with E-state index in [-0.39, 0.29) is 0 Å². The molecule has 0 aromatic heterocycles. The predicted octanol–water partition coefficient (Wildman–Crippen LogP) is 1.49. The summed E-state index contributed by atoms with van der Waals surface area (Å²) >= 11 is 0. The molecule has 0 saturated heterocycles. The van der Waals surface area contributed by atoms with Gasteiger partial charge in [-0.1, -0.05) is 0 Å². The summed E-state index contributed by atoms with van der Waals surface area (Å²) < 4.78 is 10.5. The van der Waals surface area contributed by atoms with Crippen LogP contribution in [0.5, 0.6) is 11.5 Å². The fourth-order valence-electron chi connectivity index (χ4n) is 1.76. The van der Waals surface area contributed by atoms with Crippen molar-refractivity contribution >= 4 is 5.57 Å². The van der Waals surface area contributed by atoms with Crippen molar-refractivity contribution in [2.45, 2.75) is 0 Å². The molecule has 0 fully saturated rings. The van der Waals surface area contributed by atoms with Gasteiger partial charge in [-0.2, -0.15) is 0 Å². The molecule has 0 unspecified atom stereocenters. The van der Waals surface area contributed by atoms with Gasteiger partial charge in [-0.05, 0) is 30.0 Å². The van der Waals surface area contributed by atoms with Gasteiger partial charge in [-0.25, -0.2) is 0 Å². The highest BCUT2D eigenvalue weighted by Crippen LogP contribution is 2.28. The van der Waals surface area contributed by atoms with Gasteiger partial charge in [0.05, 0.1) is 14.2 Å². The molecule has 1 heterocycles. The van der Waals surface area contributed by atoms with Crippen molar-refractivity contribution in [1.82, 2.24) is 5.32 Å². The molecule has 1 aromatic rings. The number of benzene rings is 1. The Morgan fingerprint density at radius 1 is 1.12 bits per heavy atom. The zero-order chi connectivity index (χ0) is 12.3. The standard InChI is InChI=1S/C13H16N2O2/c1-16-10-5-9(6-11(7-10)17-2)12-8-15-4-3-13(12)14/h3-7,15H,8,14H2,1-2H3. The molecule has 4 nitrogen and oxygen atoms in total. The third-order valence-electron chi connectivity index (χ3n) is 2.71. The van der Waals surface area contributed by atoms with E-state index in [0.29, 0.717) is 6.54 Å². The molecule has 90 valence electrons. The molecule has 0 atom stereocenters. The van der Waals surface area contributed by atoms with Crippen molar-refractivity contribution in [2.24, 2.45) is 5.73 Å². The molecule has 0 aliphatic carbocycles. The lowest BCUT2D eigenvalue weighted by molar-refractivity contribution is 0.394. The Morgan fingerprint density at radius 3 is 2.29 bits per heavy atom. The van der Waals surface area contributed by atoms with Crippen LogP contribution in [-0.2, 0) is 0 Å². The van der Waals surface area contributed by atoms with Crippen molar-refractivity contribution in [2.75, 3.05) is 20.8 Å². The van der Waals surface area contributed by atoms with Crippen LogP contribution in [-0.4, -0.2) is 20.8 Å². The molecule has 3 N–H and O–H groups in total. The minimum absolute atomic E-state index is 0.707. The number of dihydropyridines is 1. The maximum Gasteiger partial charge on any atom is 0.123 e. The van der Waals surface area contributed by atoms with Crippen LogP contribution in [0.1, 0.15) is 5.56 Å². The zero-order valence-corrected chi connectivity index (χ0v) is 9.99. The van der Waals surface area contributed by atoms with Crippen molar-refractivity contribution in [1.29, 1.82) is 0 Å². The number of nitrogens with one attached hydrogen (secondary N) is 1. The first-order chi connectivity index (χ1) is 8.24. The summed E-state index contributed by atoms with van der Waals surface area (Å²) in [4.78, 5) is 0. The molecule has 0 amide bonds.